The van der Waals surface area contributed by atoms with E-state index in [4.69, 9.17) is 0 Å². The summed E-state index contributed by atoms with van der Waals surface area (Å²) in [5.41, 5.74) is 1.13. The first kappa shape index (κ1) is 12.2. The van der Waals surface area contributed by atoms with Crippen molar-refractivity contribution in [3.8, 4) is 11.8 Å². The lowest BCUT2D eigenvalue weighted by atomic mass is 10.2. The highest BCUT2D eigenvalue weighted by Gasteiger charge is 1.96. The summed E-state index contributed by atoms with van der Waals surface area (Å²) in [6, 6.07) is 3.46. The largest absolute Gasteiger partial charge is 0.298 e. The molecule has 2 nitrogen and oxygen atoms in total. The molecule has 0 saturated carbocycles. The Labute approximate surface area is 96.4 Å². The van der Waals surface area contributed by atoms with Gasteiger partial charge in [0.2, 0.25) is 0 Å². The topological polar surface area (TPSA) is 30.0 Å². The highest BCUT2D eigenvalue weighted by Crippen LogP contribution is 2.02. The lowest BCUT2D eigenvalue weighted by molar-refractivity contribution is 0.112. The Hall–Kier alpha value is -1.88. The second-order valence-corrected chi connectivity index (χ2v) is 3.40. The highest BCUT2D eigenvalue weighted by atomic mass is 16.1. The highest BCUT2D eigenvalue weighted by molar-refractivity contribution is 5.78. The summed E-state index contributed by atoms with van der Waals surface area (Å²) in [6.07, 6.45) is 8.39. The maximum absolute atomic E-state index is 10.7. The Kier molecular flexibility index (Phi) is 5.65. The summed E-state index contributed by atoms with van der Waals surface area (Å²) in [5.74, 6) is 5.95. The van der Waals surface area contributed by atoms with Gasteiger partial charge in [-0.15, -0.1) is 6.58 Å². The summed E-state index contributed by atoms with van der Waals surface area (Å²) in [7, 11) is 0. The first-order valence-electron chi connectivity index (χ1n) is 5.38. The number of unbranched alkanes of at least 4 members (excludes halogenated alkanes) is 3. The molecule has 1 aromatic heterocycles. The summed E-state index contributed by atoms with van der Waals surface area (Å²) in [4.78, 5) is 14.7. The fourth-order valence-corrected chi connectivity index (χ4v) is 1.27. The molecule has 2 heteroatoms. The fraction of sp³-hybridized carbons (Fsp3) is 0.286. The molecule has 0 atom stereocenters. The number of aromatic nitrogens is 1. The fourth-order valence-electron chi connectivity index (χ4n) is 1.27. The van der Waals surface area contributed by atoms with Crippen LogP contribution in [0.4, 0.5) is 0 Å². The zero-order chi connectivity index (χ0) is 11.6. The third-order valence-electron chi connectivity index (χ3n) is 2.13. The van der Waals surface area contributed by atoms with Crippen molar-refractivity contribution >= 4 is 6.29 Å². The van der Waals surface area contributed by atoms with Gasteiger partial charge in [-0.1, -0.05) is 12.0 Å². The van der Waals surface area contributed by atoms with Gasteiger partial charge in [0.05, 0.1) is 0 Å². The summed E-state index contributed by atoms with van der Waals surface area (Å²) < 4.78 is 0. The van der Waals surface area contributed by atoms with Gasteiger partial charge in [-0.05, 0) is 37.3 Å². The van der Waals surface area contributed by atoms with E-state index < -0.39 is 0 Å². The number of hydrogen-bond acceptors (Lipinski definition) is 2. The van der Waals surface area contributed by atoms with Gasteiger partial charge in [-0.2, -0.15) is 0 Å². The number of nitrogens with zero attached hydrogens (tertiary/aromatic N) is 1. The normalized spacial score (nSPS) is 9.00. The van der Waals surface area contributed by atoms with Crippen molar-refractivity contribution < 1.29 is 4.79 Å². The molecule has 0 aromatic carbocycles. The number of pyridine rings is 1. The number of hydrogen-bond donors (Lipinski definition) is 0. The number of allylic oxidation sites excluding steroid dienone is 1. The van der Waals surface area contributed by atoms with Crippen molar-refractivity contribution in [3.05, 3.63) is 42.2 Å². The third-order valence-corrected chi connectivity index (χ3v) is 2.13. The standard InChI is InChI=1S/C14H15NO/c1-2-3-4-5-6-7-10-14-13(12-16)9-8-11-15-14/h2,8-9,11-12H,1,3-6H2. The van der Waals surface area contributed by atoms with E-state index >= 15 is 0 Å². The molecule has 16 heavy (non-hydrogen) atoms. The van der Waals surface area contributed by atoms with Crippen molar-refractivity contribution in [2.75, 3.05) is 0 Å². The van der Waals surface area contributed by atoms with Crippen LogP contribution in [0.25, 0.3) is 0 Å². The molecular weight excluding hydrogens is 198 g/mol. The van der Waals surface area contributed by atoms with Gasteiger partial charge < -0.3 is 0 Å². The molecule has 0 aliphatic heterocycles. The smallest absolute Gasteiger partial charge is 0.152 e. The number of carbonyl (C=O) groups excluding carboxylic acids is 1. The predicted octanol–water partition coefficient (Wildman–Crippen LogP) is 2.99. The molecule has 1 rings (SSSR count). The van der Waals surface area contributed by atoms with Gasteiger partial charge in [0.15, 0.2) is 6.29 Å². The lowest BCUT2D eigenvalue weighted by Crippen LogP contribution is -1.90. The van der Waals surface area contributed by atoms with E-state index in [0.29, 0.717) is 11.3 Å². The molecule has 0 amide bonds. The summed E-state index contributed by atoms with van der Waals surface area (Å²) >= 11 is 0. The van der Waals surface area contributed by atoms with Crippen molar-refractivity contribution in [1.82, 2.24) is 4.98 Å². The SMILES string of the molecule is C=CCCCCC#Cc1ncccc1C=O. The molecule has 0 spiro atoms. The Bertz CT molecular complexity index is 412. The minimum absolute atomic E-state index is 0.557. The van der Waals surface area contributed by atoms with Crippen molar-refractivity contribution in [3.63, 3.8) is 0 Å². The van der Waals surface area contributed by atoms with Crippen molar-refractivity contribution in [2.24, 2.45) is 0 Å². The van der Waals surface area contributed by atoms with Crippen LogP contribution in [0.15, 0.2) is 31.0 Å². The van der Waals surface area contributed by atoms with Crippen LogP contribution in [0, 0.1) is 11.8 Å². The zero-order valence-electron chi connectivity index (χ0n) is 9.28. The van der Waals surface area contributed by atoms with E-state index in [1.165, 1.54) is 0 Å². The quantitative estimate of drug-likeness (QED) is 0.326. The lowest BCUT2D eigenvalue weighted by Gasteiger charge is -1.93. The van der Waals surface area contributed by atoms with Crippen LogP contribution in [-0.4, -0.2) is 11.3 Å². The molecule has 1 heterocycles. The van der Waals surface area contributed by atoms with Gasteiger partial charge in [-0.3, -0.25) is 4.79 Å². The molecule has 0 radical (unpaired) electrons. The monoisotopic (exact) mass is 213 g/mol. The second-order valence-electron chi connectivity index (χ2n) is 3.40. The van der Waals surface area contributed by atoms with E-state index in [9.17, 15) is 4.79 Å². The van der Waals surface area contributed by atoms with Crippen LogP contribution in [0.5, 0.6) is 0 Å². The van der Waals surface area contributed by atoms with E-state index in [0.717, 1.165) is 32.0 Å². The molecule has 0 N–H and O–H groups in total. The van der Waals surface area contributed by atoms with E-state index in [2.05, 4.69) is 23.4 Å². The van der Waals surface area contributed by atoms with E-state index in [-0.39, 0.29) is 0 Å². The van der Waals surface area contributed by atoms with Gasteiger partial charge in [0.25, 0.3) is 0 Å². The van der Waals surface area contributed by atoms with Crippen LogP contribution in [0.3, 0.4) is 0 Å². The number of rotatable bonds is 5. The Balaban J connectivity index is 2.49. The van der Waals surface area contributed by atoms with Crippen LogP contribution in [-0.2, 0) is 0 Å². The average Bonchev–Trinajstić information content (AvgIpc) is 2.34. The molecule has 1 aromatic rings. The molecular formula is C14H15NO. The second kappa shape index (κ2) is 7.42. The molecule has 82 valence electrons. The van der Waals surface area contributed by atoms with Crippen molar-refractivity contribution in [2.45, 2.75) is 25.7 Å². The van der Waals surface area contributed by atoms with E-state index in [1.54, 1.807) is 18.3 Å². The Morgan fingerprint density at radius 1 is 1.44 bits per heavy atom. The Morgan fingerprint density at radius 2 is 2.31 bits per heavy atom. The van der Waals surface area contributed by atoms with Crippen LogP contribution >= 0.6 is 0 Å². The van der Waals surface area contributed by atoms with Crippen LogP contribution < -0.4 is 0 Å². The van der Waals surface area contributed by atoms with E-state index in [1.807, 2.05) is 6.08 Å². The number of aldehydes is 1. The minimum atomic E-state index is 0.557. The van der Waals surface area contributed by atoms with Gasteiger partial charge >= 0.3 is 0 Å². The van der Waals surface area contributed by atoms with Gasteiger partial charge in [-0.25, -0.2) is 4.98 Å². The maximum Gasteiger partial charge on any atom is 0.152 e. The van der Waals surface area contributed by atoms with Crippen molar-refractivity contribution in [1.29, 1.82) is 0 Å². The zero-order valence-corrected chi connectivity index (χ0v) is 9.28. The van der Waals surface area contributed by atoms with Crippen LogP contribution in [0.1, 0.15) is 41.7 Å². The predicted molar refractivity (Wildman–Crippen MR) is 65.2 cm³/mol. The molecule has 0 aliphatic carbocycles. The molecule has 0 fully saturated rings. The summed E-state index contributed by atoms with van der Waals surface area (Å²) in [5, 5.41) is 0. The number of carbonyl (C=O) groups is 1. The minimum Gasteiger partial charge on any atom is -0.298 e. The van der Waals surface area contributed by atoms with Gasteiger partial charge in [0, 0.05) is 18.2 Å². The Morgan fingerprint density at radius 3 is 3.06 bits per heavy atom. The first-order chi connectivity index (χ1) is 7.88. The molecule has 0 aliphatic rings. The summed E-state index contributed by atoms with van der Waals surface area (Å²) in [6.45, 7) is 3.66. The molecule has 0 saturated heterocycles. The van der Waals surface area contributed by atoms with Crippen LogP contribution in [0.2, 0.25) is 0 Å². The van der Waals surface area contributed by atoms with Gasteiger partial charge in [0.1, 0.15) is 5.69 Å². The third kappa shape index (κ3) is 4.10. The average molecular weight is 213 g/mol. The maximum atomic E-state index is 10.7. The molecule has 0 unspecified atom stereocenters. The molecule has 0 bridgehead atoms. The first-order valence-corrected chi connectivity index (χ1v) is 5.38.